The van der Waals surface area contributed by atoms with Crippen LogP contribution >= 0.6 is 0 Å². The first kappa shape index (κ1) is 15.5. The molecule has 2 amide bonds. The molecule has 0 aromatic carbocycles. The number of likely N-dealkylation sites (tertiary alicyclic amines) is 1. The number of carbonyl (C=O) groups is 3. The van der Waals surface area contributed by atoms with Crippen LogP contribution in [0.5, 0.6) is 0 Å². The predicted molar refractivity (Wildman–Crippen MR) is 69.2 cm³/mol. The van der Waals surface area contributed by atoms with E-state index in [-0.39, 0.29) is 36.7 Å². The van der Waals surface area contributed by atoms with E-state index in [0.717, 1.165) is 0 Å². The second-order valence-corrected chi connectivity index (χ2v) is 5.04. The van der Waals surface area contributed by atoms with Crippen LogP contribution < -0.4 is 0 Å². The summed E-state index contributed by atoms with van der Waals surface area (Å²) >= 11 is 0. The van der Waals surface area contributed by atoms with Crippen molar-refractivity contribution in [2.75, 3.05) is 26.7 Å². The maximum Gasteiger partial charge on any atom is 0.325 e. The molecule has 0 aromatic rings. The smallest absolute Gasteiger partial charge is 0.325 e. The Morgan fingerprint density at radius 3 is 2.58 bits per heavy atom. The Hall–Kier alpha value is -1.59. The van der Waals surface area contributed by atoms with Crippen molar-refractivity contribution in [3.63, 3.8) is 0 Å². The van der Waals surface area contributed by atoms with Crippen molar-refractivity contribution < 1.29 is 19.1 Å². The minimum absolute atomic E-state index is 0.00196. The summed E-state index contributed by atoms with van der Waals surface area (Å²) in [4.78, 5) is 38.2. The number of nitrogens with zero attached hydrogens (tertiary/aromatic N) is 2. The van der Waals surface area contributed by atoms with Crippen LogP contribution in [0, 0.1) is 5.92 Å². The third kappa shape index (κ3) is 3.94. The van der Waals surface area contributed by atoms with Gasteiger partial charge >= 0.3 is 5.97 Å². The number of likely N-dealkylation sites (N-methyl/N-ethyl adjacent to an activating group) is 1. The maximum atomic E-state index is 12.1. The highest BCUT2D eigenvalue weighted by Crippen LogP contribution is 2.21. The van der Waals surface area contributed by atoms with Gasteiger partial charge in [-0.05, 0) is 20.8 Å². The minimum atomic E-state index is -0.427. The zero-order chi connectivity index (χ0) is 14.6. The molecule has 1 aliphatic rings. The van der Waals surface area contributed by atoms with Gasteiger partial charge in [0, 0.05) is 26.1 Å². The Labute approximate surface area is 113 Å². The molecule has 0 aliphatic carbocycles. The zero-order valence-electron chi connectivity index (χ0n) is 12.0. The van der Waals surface area contributed by atoms with E-state index in [1.54, 1.807) is 18.9 Å². The Morgan fingerprint density at radius 1 is 1.47 bits per heavy atom. The van der Waals surface area contributed by atoms with E-state index in [1.807, 2.05) is 13.8 Å². The molecule has 19 heavy (non-hydrogen) atoms. The molecule has 1 atom stereocenters. The van der Waals surface area contributed by atoms with Gasteiger partial charge in [0.15, 0.2) is 0 Å². The van der Waals surface area contributed by atoms with E-state index in [0.29, 0.717) is 13.2 Å². The molecule has 1 saturated heterocycles. The lowest BCUT2D eigenvalue weighted by Gasteiger charge is -2.22. The lowest BCUT2D eigenvalue weighted by Crippen LogP contribution is -2.39. The molecule has 1 rings (SSSR count). The van der Waals surface area contributed by atoms with E-state index in [1.165, 1.54) is 4.90 Å². The molecule has 0 radical (unpaired) electrons. The Bertz CT molecular complexity index is 368. The largest absolute Gasteiger partial charge is 0.465 e. The van der Waals surface area contributed by atoms with Gasteiger partial charge in [-0.2, -0.15) is 0 Å². The molecular weight excluding hydrogens is 248 g/mol. The van der Waals surface area contributed by atoms with Gasteiger partial charge in [0.1, 0.15) is 6.54 Å². The van der Waals surface area contributed by atoms with E-state index < -0.39 is 5.97 Å². The Balaban J connectivity index is 2.54. The lowest BCUT2D eigenvalue weighted by atomic mass is 10.1. The van der Waals surface area contributed by atoms with Gasteiger partial charge in [-0.25, -0.2) is 0 Å². The Kier molecular flexibility index (Phi) is 5.32. The van der Waals surface area contributed by atoms with Crippen LogP contribution in [0.2, 0.25) is 0 Å². The summed E-state index contributed by atoms with van der Waals surface area (Å²) in [5.74, 6) is -0.958. The van der Waals surface area contributed by atoms with Crippen molar-refractivity contribution in [2.24, 2.45) is 5.92 Å². The normalized spacial score (nSPS) is 18.9. The number of rotatable bonds is 5. The molecule has 0 aromatic heterocycles. The van der Waals surface area contributed by atoms with Crippen molar-refractivity contribution >= 4 is 17.8 Å². The quantitative estimate of drug-likeness (QED) is 0.672. The molecule has 1 fully saturated rings. The first-order valence-electron chi connectivity index (χ1n) is 6.56. The summed E-state index contributed by atoms with van der Waals surface area (Å²) in [7, 11) is 1.56. The van der Waals surface area contributed by atoms with Crippen LogP contribution in [0.4, 0.5) is 0 Å². The van der Waals surface area contributed by atoms with Gasteiger partial charge in [-0.3, -0.25) is 14.4 Å². The fraction of sp³-hybridized carbons (Fsp3) is 0.769. The van der Waals surface area contributed by atoms with E-state index in [4.69, 9.17) is 4.74 Å². The third-order valence-corrected chi connectivity index (χ3v) is 3.18. The van der Waals surface area contributed by atoms with Crippen LogP contribution in [0.25, 0.3) is 0 Å². The topological polar surface area (TPSA) is 66.9 Å². The van der Waals surface area contributed by atoms with Crippen LogP contribution in [-0.4, -0.2) is 60.4 Å². The monoisotopic (exact) mass is 270 g/mol. The van der Waals surface area contributed by atoms with E-state index >= 15 is 0 Å². The summed E-state index contributed by atoms with van der Waals surface area (Å²) in [5.41, 5.74) is 0. The highest BCUT2D eigenvalue weighted by atomic mass is 16.5. The van der Waals surface area contributed by atoms with E-state index in [2.05, 4.69) is 0 Å². The van der Waals surface area contributed by atoms with E-state index in [9.17, 15) is 14.4 Å². The van der Waals surface area contributed by atoms with Crippen molar-refractivity contribution in [3.05, 3.63) is 0 Å². The standard InChI is InChI=1S/C13H22N2O4/c1-5-19-12(17)8-14(4)13(18)10-6-11(16)15(7-10)9(2)3/h9-10H,5-8H2,1-4H3/t10-/m0/s1. The number of hydrogen-bond acceptors (Lipinski definition) is 4. The molecule has 0 spiro atoms. The van der Waals surface area contributed by atoms with Gasteiger partial charge in [0.05, 0.1) is 12.5 Å². The highest BCUT2D eigenvalue weighted by molar-refractivity contribution is 5.90. The molecule has 0 bridgehead atoms. The minimum Gasteiger partial charge on any atom is -0.465 e. The molecule has 108 valence electrons. The molecule has 0 N–H and O–H groups in total. The fourth-order valence-electron chi connectivity index (χ4n) is 2.19. The number of amides is 2. The molecule has 6 nitrogen and oxygen atoms in total. The summed E-state index contributed by atoms with van der Waals surface area (Å²) < 4.78 is 4.80. The third-order valence-electron chi connectivity index (χ3n) is 3.18. The first-order valence-corrected chi connectivity index (χ1v) is 6.56. The summed E-state index contributed by atoms with van der Waals surface area (Å²) in [6.07, 6.45) is 0.226. The average molecular weight is 270 g/mol. The number of hydrogen-bond donors (Lipinski definition) is 0. The van der Waals surface area contributed by atoms with Crippen LogP contribution in [-0.2, 0) is 19.1 Å². The second kappa shape index (κ2) is 6.54. The molecule has 1 heterocycles. The predicted octanol–water partition coefficient (Wildman–Crippen LogP) is 0.265. The first-order chi connectivity index (χ1) is 8.86. The van der Waals surface area contributed by atoms with Crippen molar-refractivity contribution in [1.29, 1.82) is 0 Å². The fourth-order valence-corrected chi connectivity index (χ4v) is 2.19. The molecule has 6 heteroatoms. The summed E-state index contributed by atoms with van der Waals surface area (Å²) in [6, 6.07) is 0.0978. The highest BCUT2D eigenvalue weighted by Gasteiger charge is 2.37. The number of ether oxygens (including phenoxy) is 1. The van der Waals surface area contributed by atoms with Gasteiger partial charge in [-0.15, -0.1) is 0 Å². The molecule has 1 aliphatic heterocycles. The number of carbonyl (C=O) groups excluding carboxylic acids is 3. The van der Waals surface area contributed by atoms with Crippen molar-refractivity contribution in [2.45, 2.75) is 33.2 Å². The summed E-state index contributed by atoms with van der Waals surface area (Å²) in [6.45, 7) is 6.22. The van der Waals surface area contributed by atoms with Gasteiger partial charge in [0.25, 0.3) is 0 Å². The van der Waals surface area contributed by atoms with Crippen LogP contribution in [0.3, 0.4) is 0 Å². The SMILES string of the molecule is CCOC(=O)CN(C)C(=O)[C@H]1CC(=O)N(C(C)C)C1. The second-order valence-electron chi connectivity index (χ2n) is 5.04. The van der Waals surface area contributed by atoms with Gasteiger partial charge < -0.3 is 14.5 Å². The zero-order valence-corrected chi connectivity index (χ0v) is 12.0. The van der Waals surface area contributed by atoms with Gasteiger partial charge in [0.2, 0.25) is 11.8 Å². The van der Waals surface area contributed by atoms with Crippen LogP contribution in [0.15, 0.2) is 0 Å². The summed E-state index contributed by atoms with van der Waals surface area (Å²) in [5, 5.41) is 0. The number of esters is 1. The van der Waals surface area contributed by atoms with Crippen molar-refractivity contribution in [3.8, 4) is 0 Å². The molecule has 0 saturated carbocycles. The average Bonchev–Trinajstić information content (AvgIpc) is 2.70. The Morgan fingerprint density at radius 2 is 2.11 bits per heavy atom. The molecule has 0 unspecified atom stereocenters. The van der Waals surface area contributed by atoms with Gasteiger partial charge in [-0.1, -0.05) is 0 Å². The lowest BCUT2D eigenvalue weighted by molar-refractivity contribution is -0.149. The van der Waals surface area contributed by atoms with Crippen LogP contribution in [0.1, 0.15) is 27.2 Å². The molecular formula is C13H22N2O4. The maximum absolute atomic E-state index is 12.1. The van der Waals surface area contributed by atoms with Crippen molar-refractivity contribution in [1.82, 2.24) is 9.80 Å².